The molecular formula is C32H34N6O5. The van der Waals surface area contributed by atoms with Gasteiger partial charge in [0, 0.05) is 47.4 Å². The van der Waals surface area contributed by atoms with E-state index in [2.05, 4.69) is 20.8 Å². The minimum absolute atomic E-state index is 0.100. The van der Waals surface area contributed by atoms with Crippen LogP contribution in [0.25, 0.3) is 22.9 Å². The van der Waals surface area contributed by atoms with Crippen LogP contribution in [-0.2, 0) is 19.2 Å². The largest absolute Gasteiger partial charge is 0.416 e. The first-order valence-corrected chi connectivity index (χ1v) is 15.2. The van der Waals surface area contributed by atoms with Gasteiger partial charge in [-0.1, -0.05) is 0 Å². The third-order valence-corrected chi connectivity index (χ3v) is 8.75. The summed E-state index contributed by atoms with van der Waals surface area (Å²) in [5, 5.41) is 14.2. The van der Waals surface area contributed by atoms with Gasteiger partial charge in [-0.2, -0.15) is 0 Å². The Hall–Kier alpha value is -4.54. The second-order valence-electron chi connectivity index (χ2n) is 12.0. The molecule has 2 N–H and O–H groups in total. The van der Waals surface area contributed by atoms with Crippen molar-refractivity contribution in [1.82, 2.24) is 20.0 Å². The molecule has 2 aromatic carbocycles. The topological polar surface area (TPSA) is 138 Å². The maximum Gasteiger partial charge on any atom is 0.248 e. The molecule has 3 heterocycles. The van der Waals surface area contributed by atoms with Gasteiger partial charge in [-0.25, -0.2) is 0 Å². The Kier molecular flexibility index (Phi) is 7.16. The zero-order chi connectivity index (χ0) is 29.5. The van der Waals surface area contributed by atoms with Crippen LogP contribution in [0.3, 0.4) is 0 Å². The normalized spacial score (nSPS) is 21.6. The number of hydrogen-bond donors (Lipinski definition) is 2. The summed E-state index contributed by atoms with van der Waals surface area (Å²) in [6, 6.07) is 13.5. The first-order valence-electron chi connectivity index (χ1n) is 15.2. The molecule has 4 amide bonds. The highest BCUT2D eigenvalue weighted by Crippen LogP contribution is 2.35. The Bertz CT molecular complexity index is 1430. The maximum absolute atomic E-state index is 12.9. The lowest BCUT2D eigenvalue weighted by Crippen LogP contribution is -2.43. The van der Waals surface area contributed by atoms with Crippen molar-refractivity contribution in [2.75, 3.05) is 23.7 Å². The second-order valence-corrected chi connectivity index (χ2v) is 12.0. The standard InChI is InChI=1S/C32H34N6O5/c39-27(25-3-1-17-37(25)31(41)21-5-6-21)33-23-13-9-19(10-14-23)29-35-36-30(43-29)20-11-15-24(16-12-20)34-28(40)26-4-2-18-38(26)32(42)22-7-8-22/h9-16,21-22,25-26H,1-8,17-18H2,(H,33,39)(H,34,40)/t25-,26-/m0/s1. The highest BCUT2D eigenvalue weighted by atomic mass is 16.4. The van der Waals surface area contributed by atoms with Gasteiger partial charge in [-0.3, -0.25) is 19.2 Å². The monoisotopic (exact) mass is 582 g/mol. The van der Waals surface area contributed by atoms with Crippen LogP contribution in [0.15, 0.2) is 52.9 Å². The zero-order valence-corrected chi connectivity index (χ0v) is 23.8. The van der Waals surface area contributed by atoms with Gasteiger partial charge < -0.3 is 24.9 Å². The summed E-state index contributed by atoms with van der Waals surface area (Å²) in [5.74, 6) is 0.769. The molecule has 1 aromatic heterocycles. The summed E-state index contributed by atoms with van der Waals surface area (Å²) in [7, 11) is 0. The number of nitrogens with one attached hydrogen (secondary N) is 2. The Balaban J connectivity index is 0.954. The maximum atomic E-state index is 12.9. The van der Waals surface area contributed by atoms with Crippen LogP contribution in [0.1, 0.15) is 51.4 Å². The quantitative estimate of drug-likeness (QED) is 0.408. The van der Waals surface area contributed by atoms with Crippen molar-refractivity contribution < 1.29 is 23.6 Å². The average molecular weight is 583 g/mol. The first-order chi connectivity index (χ1) is 20.9. The number of carbonyl (C=O) groups excluding carboxylic acids is 4. The smallest absolute Gasteiger partial charge is 0.248 e. The van der Waals surface area contributed by atoms with Gasteiger partial charge in [0.1, 0.15) is 12.1 Å². The fourth-order valence-corrected chi connectivity index (χ4v) is 6.04. The molecular weight excluding hydrogens is 548 g/mol. The SMILES string of the molecule is O=C(Nc1ccc(-c2nnc(-c3ccc(NC(=O)[C@@H]4CCCN4C(=O)C4CC4)cc3)o2)cc1)[C@@H]1CCCN1C(=O)C1CC1. The van der Waals surface area contributed by atoms with Crippen molar-refractivity contribution >= 4 is 35.0 Å². The van der Waals surface area contributed by atoms with Crippen molar-refractivity contribution in [2.45, 2.75) is 63.5 Å². The Morgan fingerprint density at radius 3 is 1.37 bits per heavy atom. The summed E-state index contributed by atoms with van der Waals surface area (Å²) in [6.07, 6.45) is 6.75. The molecule has 222 valence electrons. The Morgan fingerprint density at radius 2 is 1.00 bits per heavy atom. The van der Waals surface area contributed by atoms with E-state index in [1.54, 1.807) is 58.3 Å². The number of benzene rings is 2. The second kappa shape index (κ2) is 11.3. The van der Waals surface area contributed by atoms with Crippen molar-refractivity contribution in [1.29, 1.82) is 0 Å². The number of amides is 4. The van der Waals surface area contributed by atoms with Crippen LogP contribution >= 0.6 is 0 Å². The summed E-state index contributed by atoms with van der Waals surface area (Å²) in [5.41, 5.74) is 2.67. The van der Waals surface area contributed by atoms with Crippen LogP contribution in [0, 0.1) is 11.8 Å². The molecule has 2 saturated heterocycles. The fourth-order valence-electron chi connectivity index (χ4n) is 6.04. The van der Waals surface area contributed by atoms with Crippen molar-refractivity contribution in [3.63, 3.8) is 0 Å². The van der Waals surface area contributed by atoms with Crippen LogP contribution in [0.2, 0.25) is 0 Å². The van der Waals surface area contributed by atoms with Crippen LogP contribution in [-0.4, -0.2) is 68.8 Å². The molecule has 43 heavy (non-hydrogen) atoms. The zero-order valence-electron chi connectivity index (χ0n) is 23.8. The van der Waals surface area contributed by atoms with E-state index in [1.807, 2.05) is 0 Å². The number of likely N-dealkylation sites (tertiary alicyclic amines) is 2. The molecule has 7 rings (SSSR count). The van der Waals surface area contributed by atoms with Crippen LogP contribution in [0.4, 0.5) is 11.4 Å². The lowest BCUT2D eigenvalue weighted by atomic mass is 10.1. The van der Waals surface area contributed by atoms with Gasteiger partial charge in [0.2, 0.25) is 35.4 Å². The molecule has 2 atom stereocenters. The predicted octanol–water partition coefficient (Wildman–Crippen LogP) is 4.08. The summed E-state index contributed by atoms with van der Waals surface area (Å²) in [4.78, 5) is 54.4. The van der Waals surface area contributed by atoms with E-state index in [-0.39, 0.29) is 35.5 Å². The van der Waals surface area contributed by atoms with Gasteiger partial charge in [-0.15, -0.1) is 10.2 Å². The molecule has 0 radical (unpaired) electrons. The Labute approximate surface area is 249 Å². The van der Waals surface area contributed by atoms with E-state index in [0.29, 0.717) is 60.2 Å². The molecule has 2 aliphatic carbocycles. The van der Waals surface area contributed by atoms with Crippen molar-refractivity contribution in [3.05, 3.63) is 48.5 Å². The van der Waals surface area contributed by atoms with E-state index in [1.165, 1.54) is 0 Å². The molecule has 4 aliphatic rings. The molecule has 0 spiro atoms. The molecule has 11 nitrogen and oxygen atoms in total. The van der Waals surface area contributed by atoms with Gasteiger partial charge in [0.15, 0.2) is 0 Å². The van der Waals surface area contributed by atoms with E-state index < -0.39 is 12.1 Å². The lowest BCUT2D eigenvalue weighted by Gasteiger charge is -2.24. The number of rotatable bonds is 8. The molecule has 0 unspecified atom stereocenters. The number of hydrogen-bond acceptors (Lipinski definition) is 7. The molecule has 2 aliphatic heterocycles. The highest BCUT2D eigenvalue weighted by molar-refractivity contribution is 5.99. The minimum atomic E-state index is -0.417. The third-order valence-electron chi connectivity index (χ3n) is 8.75. The third kappa shape index (κ3) is 5.76. The van der Waals surface area contributed by atoms with Gasteiger partial charge in [0.25, 0.3) is 0 Å². The summed E-state index contributed by atoms with van der Waals surface area (Å²) < 4.78 is 5.91. The predicted molar refractivity (Wildman–Crippen MR) is 157 cm³/mol. The number of aromatic nitrogens is 2. The molecule has 4 fully saturated rings. The average Bonchev–Trinajstić information content (AvgIpc) is 3.88. The van der Waals surface area contributed by atoms with E-state index in [9.17, 15) is 19.2 Å². The van der Waals surface area contributed by atoms with Gasteiger partial charge >= 0.3 is 0 Å². The minimum Gasteiger partial charge on any atom is -0.416 e. The number of carbonyl (C=O) groups is 4. The number of nitrogens with zero attached hydrogens (tertiary/aromatic N) is 4. The van der Waals surface area contributed by atoms with Gasteiger partial charge in [-0.05, 0) is 99.9 Å². The van der Waals surface area contributed by atoms with E-state index >= 15 is 0 Å². The molecule has 2 saturated carbocycles. The van der Waals surface area contributed by atoms with Crippen molar-refractivity contribution in [3.8, 4) is 22.9 Å². The van der Waals surface area contributed by atoms with Crippen molar-refractivity contribution in [2.24, 2.45) is 11.8 Å². The number of anilines is 2. The lowest BCUT2D eigenvalue weighted by molar-refractivity contribution is -0.137. The highest BCUT2D eigenvalue weighted by Gasteiger charge is 2.42. The van der Waals surface area contributed by atoms with Gasteiger partial charge in [0.05, 0.1) is 0 Å². The molecule has 3 aromatic rings. The van der Waals surface area contributed by atoms with E-state index in [4.69, 9.17) is 4.42 Å². The summed E-state index contributed by atoms with van der Waals surface area (Å²) in [6.45, 7) is 1.29. The van der Waals surface area contributed by atoms with Crippen LogP contribution < -0.4 is 10.6 Å². The first kappa shape index (κ1) is 27.3. The summed E-state index contributed by atoms with van der Waals surface area (Å²) >= 11 is 0. The molecule has 0 bridgehead atoms. The van der Waals surface area contributed by atoms with E-state index in [0.717, 1.165) is 38.5 Å². The fraction of sp³-hybridized carbons (Fsp3) is 0.438. The molecule has 11 heteroatoms. The Morgan fingerprint density at radius 1 is 0.605 bits per heavy atom. The van der Waals surface area contributed by atoms with Crippen LogP contribution in [0.5, 0.6) is 0 Å².